The van der Waals surface area contributed by atoms with Crippen LogP contribution in [0.2, 0.25) is 0 Å². The van der Waals surface area contributed by atoms with Crippen LogP contribution in [0.15, 0.2) is 23.4 Å². The van der Waals surface area contributed by atoms with Crippen LogP contribution in [0.5, 0.6) is 0 Å². The van der Waals surface area contributed by atoms with E-state index in [1.807, 2.05) is 6.92 Å². The van der Waals surface area contributed by atoms with Crippen molar-refractivity contribution in [2.75, 3.05) is 5.73 Å². The smallest absolute Gasteiger partial charge is 0.317 e. The van der Waals surface area contributed by atoms with E-state index in [2.05, 4.69) is 5.18 Å². The molecule has 1 rings (SSSR count). The van der Waals surface area contributed by atoms with Crippen molar-refractivity contribution >= 4 is 11.6 Å². The Morgan fingerprint density at radius 1 is 1.54 bits per heavy atom. The molecule has 0 saturated heterocycles. The SMILES string of the molecule is CCc1c(N)cccc1C(=O)N=O. The van der Waals surface area contributed by atoms with Crippen LogP contribution in [0, 0.1) is 4.91 Å². The number of anilines is 1. The Kier molecular flexibility index (Phi) is 2.74. The highest BCUT2D eigenvalue weighted by molar-refractivity contribution is 5.97. The van der Waals surface area contributed by atoms with E-state index < -0.39 is 5.91 Å². The van der Waals surface area contributed by atoms with Crippen LogP contribution >= 0.6 is 0 Å². The molecule has 1 aromatic carbocycles. The first-order chi connectivity index (χ1) is 6.20. The van der Waals surface area contributed by atoms with Crippen LogP contribution < -0.4 is 5.73 Å². The molecule has 1 amide bonds. The largest absolute Gasteiger partial charge is 0.398 e. The van der Waals surface area contributed by atoms with E-state index in [-0.39, 0.29) is 0 Å². The number of carbonyl (C=O) groups excluding carboxylic acids is 1. The second-order valence-electron chi connectivity index (χ2n) is 2.62. The quantitative estimate of drug-likeness (QED) is 0.553. The van der Waals surface area contributed by atoms with Gasteiger partial charge < -0.3 is 5.73 Å². The highest BCUT2D eigenvalue weighted by atomic mass is 16.3. The van der Waals surface area contributed by atoms with E-state index in [0.29, 0.717) is 23.2 Å². The molecule has 0 bridgehead atoms. The number of amides is 1. The molecular formula is C9H10N2O2. The first-order valence-corrected chi connectivity index (χ1v) is 3.95. The fourth-order valence-electron chi connectivity index (χ4n) is 1.25. The zero-order valence-corrected chi connectivity index (χ0v) is 7.28. The fourth-order valence-corrected chi connectivity index (χ4v) is 1.25. The number of carbonyl (C=O) groups is 1. The van der Waals surface area contributed by atoms with Gasteiger partial charge in [0.25, 0.3) is 0 Å². The number of nitrogens with zero attached hydrogens (tertiary/aromatic N) is 1. The molecule has 0 aliphatic carbocycles. The summed E-state index contributed by atoms with van der Waals surface area (Å²) in [6, 6.07) is 4.88. The van der Waals surface area contributed by atoms with Crippen molar-refractivity contribution in [3.8, 4) is 0 Å². The highest BCUT2D eigenvalue weighted by Crippen LogP contribution is 2.18. The second kappa shape index (κ2) is 3.80. The van der Waals surface area contributed by atoms with Gasteiger partial charge in [-0.15, -0.1) is 4.91 Å². The van der Waals surface area contributed by atoms with Gasteiger partial charge in [-0.25, -0.2) is 0 Å². The van der Waals surface area contributed by atoms with Crippen molar-refractivity contribution in [2.24, 2.45) is 5.18 Å². The molecule has 0 saturated carbocycles. The van der Waals surface area contributed by atoms with Crippen LogP contribution in [-0.4, -0.2) is 5.91 Å². The lowest BCUT2D eigenvalue weighted by atomic mass is 10.0. The monoisotopic (exact) mass is 178 g/mol. The molecule has 4 nitrogen and oxygen atoms in total. The average molecular weight is 178 g/mol. The summed E-state index contributed by atoms with van der Waals surface area (Å²) >= 11 is 0. The Bertz CT molecular complexity index is 347. The molecule has 0 atom stereocenters. The predicted molar refractivity (Wildman–Crippen MR) is 50.4 cm³/mol. The maximum absolute atomic E-state index is 11.0. The standard InChI is InChI=1S/C9H10N2O2/c1-2-6-7(9(12)11-13)4-3-5-8(6)10/h3-5H,2,10H2,1H3. The molecule has 0 unspecified atom stereocenters. The molecule has 0 aromatic heterocycles. The van der Waals surface area contributed by atoms with Gasteiger partial charge in [-0.3, -0.25) is 4.79 Å². The number of nitrogens with two attached hydrogens (primary N) is 1. The third-order valence-corrected chi connectivity index (χ3v) is 1.88. The van der Waals surface area contributed by atoms with Gasteiger partial charge in [0.1, 0.15) is 0 Å². The summed E-state index contributed by atoms with van der Waals surface area (Å²) in [6.45, 7) is 1.87. The summed E-state index contributed by atoms with van der Waals surface area (Å²) in [5, 5.41) is 2.36. The minimum Gasteiger partial charge on any atom is -0.398 e. The first-order valence-electron chi connectivity index (χ1n) is 3.95. The van der Waals surface area contributed by atoms with Crippen molar-refractivity contribution in [3.63, 3.8) is 0 Å². The van der Waals surface area contributed by atoms with Crippen LogP contribution in [-0.2, 0) is 6.42 Å². The Labute approximate surface area is 75.7 Å². The summed E-state index contributed by atoms with van der Waals surface area (Å²) in [5.74, 6) is -0.760. The van der Waals surface area contributed by atoms with Gasteiger partial charge in [0, 0.05) is 10.9 Å². The van der Waals surface area contributed by atoms with Crippen molar-refractivity contribution in [2.45, 2.75) is 13.3 Å². The minimum absolute atomic E-state index is 0.303. The van der Waals surface area contributed by atoms with Gasteiger partial charge in [0.05, 0.1) is 5.56 Å². The predicted octanol–water partition coefficient (Wildman–Crippen LogP) is 1.74. The normalized spacial score (nSPS) is 9.62. The molecule has 4 heteroatoms. The zero-order chi connectivity index (χ0) is 9.84. The van der Waals surface area contributed by atoms with Gasteiger partial charge in [0.15, 0.2) is 0 Å². The summed E-state index contributed by atoms with van der Waals surface area (Å²) in [6.07, 6.45) is 0.614. The maximum atomic E-state index is 11.0. The van der Waals surface area contributed by atoms with Gasteiger partial charge in [-0.2, -0.15) is 0 Å². The summed E-state index contributed by atoms with van der Waals surface area (Å²) in [4.78, 5) is 21.1. The lowest BCUT2D eigenvalue weighted by Gasteiger charge is -2.05. The number of hydrogen-bond acceptors (Lipinski definition) is 3. The van der Waals surface area contributed by atoms with E-state index in [1.54, 1.807) is 18.2 Å². The minimum atomic E-state index is -0.760. The number of nitroso groups, excluding NO2 is 1. The maximum Gasteiger partial charge on any atom is 0.317 e. The van der Waals surface area contributed by atoms with Crippen LogP contribution in [0.3, 0.4) is 0 Å². The Balaban J connectivity index is 3.27. The van der Waals surface area contributed by atoms with Crippen molar-refractivity contribution < 1.29 is 4.79 Å². The van der Waals surface area contributed by atoms with Crippen molar-refractivity contribution in [1.82, 2.24) is 0 Å². The van der Waals surface area contributed by atoms with E-state index in [0.717, 1.165) is 0 Å². The molecule has 2 N–H and O–H groups in total. The Morgan fingerprint density at radius 3 is 2.77 bits per heavy atom. The average Bonchev–Trinajstić information content (AvgIpc) is 2.16. The molecule has 0 aliphatic rings. The summed E-state index contributed by atoms with van der Waals surface area (Å²) in [7, 11) is 0. The lowest BCUT2D eigenvalue weighted by molar-refractivity contribution is 0.1000. The number of rotatable bonds is 2. The number of hydrogen-bond donors (Lipinski definition) is 1. The second-order valence-corrected chi connectivity index (χ2v) is 2.62. The third-order valence-electron chi connectivity index (χ3n) is 1.88. The van der Waals surface area contributed by atoms with E-state index in [1.165, 1.54) is 0 Å². The van der Waals surface area contributed by atoms with Gasteiger partial charge >= 0.3 is 5.91 Å². The summed E-state index contributed by atoms with van der Waals surface area (Å²) < 4.78 is 0. The topological polar surface area (TPSA) is 72.5 Å². The molecule has 0 heterocycles. The first kappa shape index (κ1) is 9.38. The molecule has 0 spiro atoms. The summed E-state index contributed by atoms with van der Waals surface area (Å²) in [5.41, 5.74) is 7.14. The number of nitrogen functional groups attached to an aromatic ring is 1. The van der Waals surface area contributed by atoms with Gasteiger partial charge in [-0.05, 0) is 24.1 Å². The molecule has 0 fully saturated rings. The Morgan fingerprint density at radius 2 is 2.23 bits per heavy atom. The molecule has 1 aromatic rings. The fraction of sp³-hybridized carbons (Fsp3) is 0.222. The van der Waals surface area contributed by atoms with Crippen molar-refractivity contribution in [3.05, 3.63) is 34.2 Å². The van der Waals surface area contributed by atoms with Gasteiger partial charge in [-0.1, -0.05) is 13.0 Å². The molecular weight excluding hydrogens is 168 g/mol. The van der Waals surface area contributed by atoms with Crippen LogP contribution in [0.25, 0.3) is 0 Å². The van der Waals surface area contributed by atoms with Gasteiger partial charge in [0.2, 0.25) is 0 Å². The molecule has 0 aliphatic heterocycles. The highest BCUT2D eigenvalue weighted by Gasteiger charge is 2.11. The third kappa shape index (κ3) is 1.72. The van der Waals surface area contributed by atoms with Crippen molar-refractivity contribution in [1.29, 1.82) is 0 Å². The molecule has 13 heavy (non-hydrogen) atoms. The van der Waals surface area contributed by atoms with E-state index in [4.69, 9.17) is 5.73 Å². The zero-order valence-electron chi connectivity index (χ0n) is 7.28. The van der Waals surface area contributed by atoms with Crippen LogP contribution in [0.1, 0.15) is 22.8 Å². The Hall–Kier alpha value is -1.71. The van der Waals surface area contributed by atoms with Crippen LogP contribution in [0.4, 0.5) is 5.69 Å². The van der Waals surface area contributed by atoms with E-state index in [9.17, 15) is 9.70 Å². The lowest BCUT2D eigenvalue weighted by Crippen LogP contribution is -2.03. The molecule has 0 radical (unpaired) electrons. The molecule has 68 valence electrons. The van der Waals surface area contributed by atoms with E-state index >= 15 is 0 Å². The number of benzene rings is 1.